The summed E-state index contributed by atoms with van der Waals surface area (Å²) < 4.78 is 27.7. The fraction of sp³-hybridized carbons (Fsp3) is 0.571. The van der Waals surface area contributed by atoms with E-state index < -0.39 is 10.0 Å². The third-order valence-electron chi connectivity index (χ3n) is 8.17. The van der Waals surface area contributed by atoms with Gasteiger partial charge in [0.1, 0.15) is 0 Å². The summed E-state index contributed by atoms with van der Waals surface area (Å²) in [6.45, 7) is 6.81. The highest BCUT2D eigenvalue weighted by Gasteiger charge is 2.34. The molecule has 7 nitrogen and oxygen atoms in total. The molecule has 0 aliphatic carbocycles. The summed E-state index contributed by atoms with van der Waals surface area (Å²) in [5.41, 5.74) is 2.43. The lowest BCUT2D eigenvalue weighted by Gasteiger charge is -2.40. The van der Waals surface area contributed by atoms with Gasteiger partial charge in [0.15, 0.2) is 0 Å². The molecule has 36 heavy (non-hydrogen) atoms. The van der Waals surface area contributed by atoms with Crippen molar-refractivity contribution in [1.82, 2.24) is 19.1 Å². The smallest absolute Gasteiger partial charge is 0.255 e. The number of hydrogen-bond acceptors (Lipinski definition) is 5. The van der Waals surface area contributed by atoms with Crippen molar-refractivity contribution in [3.05, 3.63) is 59.4 Å². The van der Waals surface area contributed by atoms with Gasteiger partial charge < -0.3 is 9.80 Å². The summed E-state index contributed by atoms with van der Waals surface area (Å²) in [7, 11) is -3.50. The molecule has 1 amide bonds. The van der Waals surface area contributed by atoms with E-state index in [9.17, 15) is 13.2 Å². The molecule has 0 atom stereocenters. The van der Waals surface area contributed by atoms with Crippen LogP contribution in [0.15, 0.2) is 47.4 Å². The molecule has 8 heteroatoms. The molecule has 0 unspecified atom stereocenters. The maximum Gasteiger partial charge on any atom is 0.255 e. The zero-order chi connectivity index (χ0) is 25.1. The van der Waals surface area contributed by atoms with E-state index in [-0.39, 0.29) is 11.8 Å². The van der Waals surface area contributed by atoms with Crippen LogP contribution in [0.25, 0.3) is 0 Å². The number of likely N-dealkylation sites (tertiary alicyclic amines) is 2. The van der Waals surface area contributed by atoms with Gasteiger partial charge in [0.25, 0.3) is 5.91 Å². The molecule has 0 saturated carbocycles. The summed E-state index contributed by atoms with van der Waals surface area (Å²) in [5.74, 6) is 0.158. The van der Waals surface area contributed by atoms with Crippen LogP contribution in [0.5, 0.6) is 0 Å². The highest BCUT2D eigenvalue weighted by Crippen LogP contribution is 2.33. The van der Waals surface area contributed by atoms with Gasteiger partial charge >= 0.3 is 0 Å². The second kappa shape index (κ2) is 11.0. The molecule has 1 aromatic heterocycles. The SMILES string of the molecule is Cc1ccc(C(=O)N2CCC(N3CCCCC3)CC2)c(C2CCN(S(=O)(=O)c3ccccc3)CC2)n1. The van der Waals surface area contributed by atoms with Gasteiger partial charge in [-0.15, -0.1) is 0 Å². The summed E-state index contributed by atoms with van der Waals surface area (Å²) in [6, 6.07) is 13.1. The quantitative estimate of drug-likeness (QED) is 0.607. The van der Waals surface area contributed by atoms with Crippen LogP contribution in [0.1, 0.15) is 72.6 Å². The van der Waals surface area contributed by atoms with Crippen molar-refractivity contribution in [2.24, 2.45) is 0 Å². The molecule has 1 aromatic carbocycles. The minimum Gasteiger partial charge on any atom is -0.338 e. The number of benzene rings is 1. The number of piperidine rings is 3. The number of hydrogen-bond donors (Lipinski definition) is 0. The minimum atomic E-state index is -3.50. The molecule has 3 saturated heterocycles. The number of aryl methyl sites for hydroxylation is 1. The van der Waals surface area contributed by atoms with Crippen molar-refractivity contribution >= 4 is 15.9 Å². The van der Waals surface area contributed by atoms with Crippen molar-refractivity contribution in [2.45, 2.75) is 68.7 Å². The van der Waals surface area contributed by atoms with E-state index in [1.54, 1.807) is 28.6 Å². The Balaban J connectivity index is 1.25. The van der Waals surface area contributed by atoms with Crippen LogP contribution in [0.4, 0.5) is 0 Å². The normalized spacial score (nSPS) is 21.5. The molecule has 3 aliphatic rings. The van der Waals surface area contributed by atoms with Crippen LogP contribution in [0.2, 0.25) is 0 Å². The van der Waals surface area contributed by atoms with Crippen LogP contribution in [-0.2, 0) is 10.0 Å². The molecule has 194 valence electrons. The van der Waals surface area contributed by atoms with E-state index in [0.29, 0.717) is 42.4 Å². The predicted molar refractivity (Wildman–Crippen MR) is 140 cm³/mol. The Labute approximate surface area is 215 Å². The maximum absolute atomic E-state index is 13.6. The van der Waals surface area contributed by atoms with E-state index in [0.717, 1.165) is 37.3 Å². The first kappa shape index (κ1) is 25.4. The van der Waals surface area contributed by atoms with Crippen molar-refractivity contribution in [1.29, 1.82) is 0 Å². The molecule has 5 rings (SSSR count). The molecule has 0 spiro atoms. The number of pyridine rings is 1. The third kappa shape index (κ3) is 5.36. The molecular weight excluding hydrogens is 472 g/mol. The van der Waals surface area contributed by atoms with Gasteiger partial charge in [-0.2, -0.15) is 4.31 Å². The van der Waals surface area contributed by atoms with E-state index in [1.807, 2.05) is 30.0 Å². The van der Waals surface area contributed by atoms with E-state index >= 15 is 0 Å². The number of nitrogens with zero attached hydrogens (tertiary/aromatic N) is 4. The maximum atomic E-state index is 13.6. The van der Waals surface area contributed by atoms with E-state index in [4.69, 9.17) is 4.98 Å². The number of amides is 1. The number of carbonyl (C=O) groups excluding carboxylic acids is 1. The molecule has 0 bridgehead atoms. The Morgan fingerprint density at radius 1 is 0.833 bits per heavy atom. The fourth-order valence-electron chi connectivity index (χ4n) is 6.07. The molecular formula is C28H38N4O3S. The second-order valence-electron chi connectivity index (χ2n) is 10.5. The lowest BCUT2D eigenvalue weighted by Crippen LogP contribution is -2.48. The summed E-state index contributed by atoms with van der Waals surface area (Å²) in [5, 5.41) is 0. The van der Waals surface area contributed by atoms with Gasteiger partial charge in [0.05, 0.1) is 16.2 Å². The Morgan fingerprint density at radius 3 is 2.17 bits per heavy atom. The van der Waals surface area contributed by atoms with Gasteiger partial charge in [0.2, 0.25) is 10.0 Å². The number of rotatable bonds is 5. The van der Waals surface area contributed by atoms with E-state index in [2.05, 4.69) is 4.90 Å². The monoisotopic (exact) mass is 510 g/mol. The van der Waals surface area contributed by atoms with Gasteiger partial charge in [-0.05, 0) is 82.8 Å². The topological polar surface area (TPSA) is 73.8 Å². The number of aromatic nitrogens is 1. The van der Waals surface area contributed by atoms with Crippen molar-refractivity contribution in [3.63, 3.8) is 0 Å². The number of carbonyl (C=O) groups is 1. The van der Waals surface area contributed by atoms with Crippen LogP contribution in [0.3, 0.4) is 0 Å². The molecule has 3 fully saturated rings. The first-order valence-electron chi connectivity index (χ1n) is 13.5. The van der Waals surface area contributed by atoms with Gasteiger partial charge in [0, 0.05) is 43.8 Å². The summed E-state index contributed by atoms with van der Waals surface area (Å²) >= 11 is 0. The van der Waals surface area contributed by atoms with Crippen LogP contribution >= 0.6 is 0 Å². The summed E-state index contributed by atoms with van der Waals surface area (Å²) in [6.07, 6.45) is 7.34. The lowest BCUT2D eigenvalue weighted by molar-refractivity contribution is 0.0587. The molecule has 0 N–H and O–H groups in total. The summed E-state index contributed by atoms with van der Waals surface area (Å²) in [4.78, 5) is 23.4. The Hall–Kier alpha value is -2.29. The fourth-order valence-corrected chi connectivity index (χ4v) is 7.56. The first-order valence-corrected chi connectivity index (χ1v) is 14.9. The highest BCUT2D eigenvalue weighted by atomic mass is 32.2. The average molecular weight is 511 g/mol. The van der Waals surface area contributed by atoms with Gasteiger partial charge in [-0.3, -0.25) is 9.78 Å². The zero-order valence-electron chi connectivity index (χ0n) is 21.3. The first-order chi connectivity index (χ1) is 17.4. The Bertz CT molecular complexity index is 1150. The molecule has 0 radical (unpaired) electrons. The molecule has 3 aliphatic heterocycles. The molecule has 4 heterocycles. The minimum absolute atomic E-state index is 0.0777. The Kier molecular flexibility index (Phi) is 7.74. The average Bonchev–Trinajstić information content (AvgIpc) is 2.94. The third-order valence-corrected chi connectivity index (χ3v) is 10.1. The highest BCUT2D eigenvalue weighted by molar-refractivity contribution is 7.89. The Morgan fingerprint density at radius 2 is 1.50 bits per heavy atom. The van der Waals surface area contributed by atoms with Crippen LogP contribution in [0, 0.1) is 6.92 Å². The van der Waals surface area contributed by atoms with Crippen molar-refractivity contribution in [3.8, 4) is 0 Å². The largest absolute Gasteiger partial charge is 0.338 e. The zero-order valence-corrected chi connectivity index (χ0v) is 22.1. The van der Waals surface area contributed by atoms with Crippen molar-refractivity contribution < 1.29 is 13.2 Å². The standard InChI is InChI=1S/C28H38N4O3S/c1-22-10-11-26(28(33)31-18-14-24(15-19-31)30-16-6-3-7-17-30)27(29-22)23-12-20-32(21-13-23)36(34,35)25-8-4-2-5-9-25/h2,4-5,8-11,23-24H,3,6-7,12-21H2,1H3. The lowest BCUT2D eigenvalue weighted by atomic mass is 9.90. The van der Waals surface area contributed by atoms with Gasteiger partial charge in [-0.25, -0.2) is 8.42 Å². The second-order valence-corrected chi connectivity index (χ2v) is 12.4. The molecule has 2 aromatic rings. The predicted octanol–water partition coefficient (Wildman–Crippen LogP) is 4.05. The van der Waals surface area contributed by atoms with Gasteiger partial charge in [-0.1, -0.05) is 24.6 Å². The van der Waals surface area contributed by atoms with Crippen LogP contribution < -0.4 is 0 Å². The number of sulfonamides is 1. The van der Waals surface area contributed by atoms with Crippen molar-refractivity contribution in [2.75, 3.05) is 39.3 Å². The van der Waals surface area contributed by atoms with Crippen LogP contribution in [-0.4, -0.2) is 78.7 Å². The van der Waals surface area contributed by atoms with E-state index in [1.165, 1.54) is 32.4 Å².